The first kappa shape index (κ1) is 14.2. The Labute approximate surface area is 94.5 Å². The number of hydrogen-bond acceptors (Lipinski definition) is 4. The normalized spacial score (nSPS) is 13.3. The van der Waals surface area contributed by atoms with Gasteiger partial charge in [-0.3, -0.25) is 10.1 Å². The van der Waals surface area contributed by atoms with Crippen LogP contribution in [0.3, 0.4) is 0 Å². The molecule has 0 bridgehead atoms. The Morgan fingerprint density at radius 1 is 1.47 bits per heavy atom. The van der Waals surface area contributed by atoms with Gasteiger partial charge in [0.15, 0.2) is 0 Å². The molecule has 0 aromatic rings. The third kappa shape index (κ3) is 6.35. The second kappa shape index (κ2) is 5.97. The van der Waals surface area contributed by atoms with Crippen LogP contribution in [0.2, 0.25) is 0 Å². The van der Waals surface area contributed by atoms with Gasteiger partial charge in [-0.1, -0.05) is 0 Å². The molecule has 0 aromatic carbocycles. The SMILES string of the molecule is CSC(C)(C)CNC(C)C(=O)NC(N)=O. The fraction of sp³-hybridized carbons (Fsp3) is 0.778. The molecule has 0 fully saturated rings. The van der Waals surface area contributed by atoms with Crippen LogP contribution in [0.5, 0.6) is 0 Å². The summed E-state index contributed by atoms with van der Waals surface area (Å²) in [6.45, 7) is 6.52. The summed E-state index contributed by atoms with van der Waals surface area (Å²) in [4.78, 5) is 21.7. The third-order valence-electron chi connectivity index (χ3n) is 2.03. The Morgan fingerprint density at radius 3 is 2.40 bits per heavy atom. The number of nitrogens with two attached hydrogens (primary N) is 1. The van der Waals surface area contributed by atoms with Crippen LogP contribution in [0.15, 0.2) is 0 Å². The van der Waals surface area contributed by atoms with Gasteiger partial charge in [0.2, 0.25) is 5.91 Å². The summed E-state index contributed by atoms with van der Waals surface area (Å²) >= 11 is 1.71. The van der Waals surface area contributed by atoms with E-state index >= 15 is 0 Å². The Bertz CT molecular complexity index is 244. The highest BCUT2D eigenvalue weighted by atomic mass is 32.2. The summed E-state index contributed by atoms with van der Waals surface area (Å²) in [5.74, 6) is -0.403. The van der Waals surface area contributed by atoms with Crippen LogP contribution < -0.4 is 16.4 Å². The number of urea groups is 1. The summed E-state index contributed by atoms with van der Waals surface area (Å²) in [6.07, 6.45) is 2.01. The molecule has 1 atom stereocenters. The number of carbonyl (C=O) groups excluding carboxylic acids is 2. The van der Waals surface area contributed by atoms with Gasteiger partial charge < -0.3 is 11.1 Å². The summed E-state index contributed by atoms with van der Waals surface area (Å²) < 4.78 is 0.0568. The number of thioether (sulfide) groups is 1. The molecule has 6 heteroatoms. The summed E-state index contributed by atoms with van der Waals surface area (Å²) in [6, 6.07) is -1.25. The molecule has 0 aromatic heterocycles. The van der Waals surface area contributed by atoms with Gasteiger partial charge in [-0.25, -0.2) is 4.79 Å². The van der Waals surface area contributed by atoms with Gasteiger partial charge in [0.25, 0.3) is 0 Å². The van der Waals surface area contributed by atoms with Crippen molar-refractivity contribution in [2.45, 2.75) is 31.6 Å². The van der Waals surface area contributed by atoms with E-state index in [1.807, 2.05) is 11.6 Å². The second-order valence-corrected chi connectivity index (χ2v) is 5.43. The molecule has 5 nitrogen and oxygen atoms in total. The lowest BCUT2D eigenvalue weighted by atomic mass is 10.2. The third-order valence-corrected chi connectivity index (χ3v) is 3.28. The number of hydrogen-bond donors (Lipinski definition) is 3. The standard InChI is InChI=1S/C9H19N3O2S/c1-6(7(13)12-8(10)14)11-5-9(2,3)15-4/h6,11H,5H2,1-4H3,(H3,10,12,13,14). The molecule has 4 N–H and O–H groups in total. The van der Waals surface area contributed by atoms with Crippen LogP contribution in [0.25, 0.3) is 0 Å². The number of imide groups is 1. The molecule has 0 aliphatic rings. The van der Waals surface area contributed by atoms with Crippen LogP contribution in [0.4, 0.5) is 4.79 Å². The molecule has 0 radical (unpaired) electrons. The maximum Gasteiger partial charge on any atom is 0.318 e. The van der Waals surface area contributed by atoms with E-state index in [2.05, 4.69) is 19.2 Å². The molecule has 0 aliphatic carbocycles. The van der Waals surface area contributed by atoms with E-state index in [4.69, 9.17) is 5.73 Å². The molecule has 0 saturated heterocycles. The zero-order chi connectivity index (χ0) is 12.1. The van der Waals surface area contributed by atoms with E-state index in [1.54, 1.807) is 18.7 Å². The first-order valence-corrected chi connectivity index (χ1v) is 5.90. The van der Waals surface area contributed by atoms with Gasteiger partial charge in [0.05, 0.1) is 6.04 Å². The molecule has 3 amide bonds. The van der Waals surface area contributed by atoms with Crippen LogP contribution in [0.1, 0.15) is 20.8 Å². The van der Waals surface area contributed by atoms with Gasteiger partial charge in [0.1, 0.15) is 0 Å². The van der Waals surface area contributed by atoms with Crippen molar-refractivity contribution in [1.29, 1.82) is 0 Å². The van der Waals surface area contributed by atoms with E-state index in [0.717, 1.165) is 0 Å². The van der Waals surface area contributed by atoms with Crippen molar-refractivity contribution >= 4 is 23.7 Å². The predicted molar refractivity (Wildman–Crippen MR) is 62.8 cm³/mol. The molecule has 0 aliphatic heterocycles. The lowest BCUT2D eigenvalue weighted by molar-refractivity contribution is -0.121. The van der Waals surface area contributed by atoms with Gasteiger partial charge in [-0.2, -0.15) is 11.8 Å². The second-order valence-electron chi connectivity index (χ2n) is 3.92. The van der Waals surface area contributed by atoms with Gasteiger partial charge in [-0.15, -0.1) is 0 Å². The van der Waals surface area contributed by atoms with Crippen molar-refractivity contribution in [1.82, 2.24) is 10.6 Å². The minimum Gasteiger partial charge on any atom is -0.351 e. The first-order chi connectivity index (χ1) is 6.78. The molecule has 15 heavy (non-hydrogen) atoms. The average molecular weight is 233 g/mol. The fourth-order valence-electron chi connectivity index (χ4n) is 0.793. The topological polar surface area (TPSA) is 84.2 Å². The lowest BCUT2D eigenvalue weighted by Crippen LogP contribution is -2.49. The smallest absolute Gasteiger partial charge is 0.318 e. The van der Waals surface area contributed by atoms with Crippen LogP contribution >= 0.6 is 11.8 Å². The molecular weight excluding hydrogens is 214 g/mol. The van der Waals surface area contributed by atoms with Crippen molar-refractivity contribution in [3.05, 3.63) is 0 Å². The van der Waals surface area contributed by atoms with Gasteiger partial charge >= 0.3 is 6.03 Å². The molecule has 1 unspecified atom stereocenters. The summed E-state index contributed by atoms with van der Waals surface area (Å²) in [5, 5.41) is 5.07. The minimum absolute atomic E-state index is 0.0568. The zero-order valence-electron chi connectivity index (χ0n) is 9.59. The maximum atomic E-state index is 11.3. The van der Waals surface area contributed by atoms with E-state index in [9.17, 15) is 9.59 Å². The highest BCUT2D eigenvalue weighted by Gasteiger charge is 2.20. The van der Waals surface area contributed by atoms with E-state index < -0.39 is 18.0 Å². The molecular formula is C9H19N3O2S. The van der Waals surface area contributed by atoms with Crippen LogP contribution in [-0.4, -0.2) is 35.5 Å². The number of rotatable bonds is 5. The lowest BCUT2D eigenvalue weighted by Gasteiger charge is -2.24. The summed E-state index contributed by atoms with van der Waals surface area (Å²) in [5.41, 5.74) is 4.84. The first-order valence-electron chi connectivity index (χ1n) is 4.67. The number of amides is 3. The Hall–Kier alpha value is -0.750. The van der Waals surface area contributed by atoms with Crippen molar-refractivity contribution < 1.29 is 9.59 Å². The maximum absolute atomic E-state index is 11.3. The van der Waals surface area contributed by atoms with Crippen molar-refractivity contribution in [3.63, 3.8) is 0 Å². The van der Waals surface area contributed by atoms with E-state index in [1.165, 1.54) is 0 Å². The van der Waals surface area contributed by atoms with Crippen LogP contribution in [0, 0.1) is 0 Å². The number of carbonyl (C=O) groups is 2. The van der Waals surface area contributed by atoms with E-state index in [-0.39, 0.29) is 4.75 Å². The van der Waals surface area contributed by atoms with Crippen LogP contribution in [-0.2, 0) is 4.79 Å². The minimum atomic E-state index is -0.822. The highest BCUT2D eigenvalue weighted by molar-refractivity contribution is 7.99. The number of nitrogens with one attached hydrogen (secondary N) is 2. The zero-order valence-corrected chi connectivity index (χ0v) is 10.4. The largest absolute Gasteiger partial charge is 0.351 e. The van der Waals surface area contributed by atoms with Gasteiger partial charge in [0, 0.05) is 11.3 Å². The fourth-order valence-corrected chi connectivity index (χ4v) is 1.02. The number of primary amides is 1. The quantitative estimate of drug-likeness (QED) is 0.637. The predicted octanol–water partition coefficient (Wildman–Crippen LogP) is 0.301. The molecule has 0 spiro atoms. The van der Waals surface area contributed by atoms with Crippen molar-refractivity contribution in [3.8, 4) is 0 Å². The van der Waals surface area contributed by atoms with Crippen molar-refractivity contribution in [2.75, 3.05) is 12.8 Å². The average Bonchev–Trinajstić information content (AvgIpc) is 2.13. The molecule has 0 rings (SSSR count). The summed E-state index contributed by atoms with van der Waals surface area (Å²) in [7, 11) is 0. The monoisotopic (exact) mass is 233 g/mol. The molecule has 88 valence electrons. The molecule has 0 heterocycles. The molecule has 0 saturated carbocycles. The Balaban J connectivity index is 3.98. The highest BCUT2D eigenvalue weighted by Crippen LogP contribution is 2.19. The van der Waals surface area contributed by atoms with Crippen molar-refractivity contribution in [2.24, 2.45) is 5.73 Å². The Morgan fingerprint density at radius 2 is 2.00 bits per heavy atom. The van der Waals surface area contributed by atoms with Gasteiger partial charge in [-0.05, 0) is 27.0 Å². The van der Waals surface area contributed by atoms with E-state index in [0.29, 0.717) is 6.54 Å². The Kier molecular flexibility index (Phi) is 5.67.